The van der Waals surface area contributed by atoms with Crippen LogP contribution in [0.2, 0.25) is 0 Å². The van der Waals surface area contributed by atoms with Crippen molar-refractivity contribution in [3.8, 4) is 6.07 Å². The minimum atomic E-state index is -0.292. The molecule has 0 aliphatic carbocycles. The molecular weight excluding hydrogens is 464 g/mol. The summed E-state index contributed by atoms with van der Waals surface area (Å²) in [5, 5.41) is 20.2. The Bertz CT molecular complexity index is 826. The van der Waals surface area contributed by atoms with Gasteiger partial charge in [0.25, 0.3) is 0 Å². The number of carbonyl (C=O) groups is 3. The number of benzene rings is 1. The van der Waals surface area contributed by atoms with Gasteiger partial charge in [-0.15, -0.1) is 11.8 Å². The Labute approximate surface area is 218 Å². The maximum absolute atomic E-state index is 12.3. The number of nitriles is 1. The molecule has 3 amide bonds. The van der Waals surface area contributed by atoms with Crippen LogP contribution in [-0.2, 0) is 14.4 Å². The van der Waals surface area contributed by atoms with Crippen molar-refractivity contribution in [1.82, 2.24) is 15.5 Å². The van der Waals surface area contributed by atoms with Crippen molar-refractivity contribution >= 4 is 41.4 Å². The van der Waals surface area contributed by atoms with Gasteiger partial charge in [-0.05, 0) is 64.9 Å². The molecule has 200 valence electrons. The molecule has 1 aliphatic heterocycles. The number of amides is 3. The van der Waals surface area contributed by atoms with E-state index in [9.17, 15) is 14.4 Å². The summed E-state index contributed by atoms with van der Waals surface area (Å²) < 4.78 is 0. The third kappa shape index (κ3) is 13.6. The van der Waals surface area contributed by atoms with Crippen LogP contribution in [0.3, 0.4) is 0 Å². The van der Waals surface area contributed by atoms with Crippen LogP contribution in [0.25, 0.3) is 0 Å². The highest BCUT2D eigenvalue weighted by Crippen LogP contribution is 2.19. The van der Waals surface area contributed by atoms with Crippen molar-refractivity contribution in [3.63, 3.8) is 0 Å². The van der Waals surface area contributed by atoms with E-state index in [1.165, 1.54) is 24.6 Å². The quantitative estimate of drug-likeness (QED) is 0.283. The van der Waals surface area contributed by atoms with Gasteiger partial charge in [0.15, 0.2) is 0 Å². The van der Waals surface area contributed by atoms with Gasteiger partial charge in [-0.25, -0.2) is 0 Å². The molecule has 1 aromatic rings. The molecule has 9 nitrogen and oxygen atoms in total. The van der Waals surface area contributed by atoms with Gasteiger partial charge in [0.2, 0.25) is 18.2 Å². The smallest absolute Gasteiger partial charge is 0.234 e. The topological polar surface area (TPSA) is 126 Å². The fourth-order valence-corrected chi connectivity index (χ4v) is 4.33. The zero-order valence-corrected chi connectivity index (χ0v) is 22.0. The van der Waals surface area contributed by atoms with E-state index in [-0.39, 0.29) is 27.3 Å². The fraction of sp³-hybridized carbons (Fsp3) is 0.600. The standard InChI is InChI=1S/C22H33N5O2S.C3H7NO.3H2/c1-3-24-22(29)20(30-16-17(2)14-23)15-25-18-7-6-8-19(13-18)26-21(28)9-12-27-10-4-5-11-27;1-2-4-3-5;;;/h6-8,13,17,20,25H,3-5,9-12,15-16H2,1-2H3,(H,24,29)(H,26,28);3H,2H2,1H3,(H,4,5);3*1H. The number of thioether (sulfide) groups is 1. The van der Waals surface area contributed by atoms with Crippen LogP contribution in [0.4, 0.5) is 11.4 Å². The van der Waals surface area contributed by atoms with Crippen LogP contribution in [0, 0.1) is 17.2 Å². The molecule has 1 aliphatic rings. The third-order valence-electron chi connectivity index (χ3n) is 5.19. The van der Waals surface area contributed by atoms with E-state index in [2.05, 4.69) is 32.2 Å². The van der Waals surface area contributed by atoms with Gasteiger partial charge >= 0.3 is 0 Å². The van der Waals surface area contributed by atoms with Crippen molar-refractivity contribution in [3.05, 3.63) is 24.3 Å². The molecule has 1 aromatic carbocycles. The summed E-state index contributed by atoms with van der Waals surface area (Å²) in [6.07, 6.45) is 3.62. The Kier molecular flexibility index (Phi) is 16.0. The van der Waals surface area contributed by atoms with Crippen LogP contribution in [0.15, 0.2) is 24.3 Å². The van der Waals surface area contributed by atoms with Gasteiger partial charge in [0, 0.05) is 54.0 Å². The number of rotatable bonds is 14. The lowest BCUT2D eigenvalue weighted by Gasteiger charge is -2.18. The molecule has 1 heterocycles. The third-order valence-corrected chi connectivity index (χ3v) is 6.67. The Morgan fingerprint density at radius 2 is 1.94 bits per heavy atom. The molecule has 0 spiro atoms. The molecule has 35 heavy (non-hydrogen) atoms. The lowest BCUT2D eigenvalue weighted by atomic mass is 10.2. The molecule has 2 atom stereocenters. The van der Waals surface area contributed by atoms with Gasteiger partial charge in [-0.3, -0.25) is 14.4 Å². The summed E-state index contributed by atoms with van der Waals surface area (Å²) in [7, 11) is 0. The summed E-state index contributed by atoms with van der Waals surface area (Å²) in [5.74, 6) is 0.477. The van der Waals surface area contributed by atoms with Crippen molar-refractivity contribution in [2.45, 2.75) is 45.3 Å². The van der Waals surface area contributed by atoms with Gasteiger partial charge in [0.05, 0.1) is 12.0 Å². The molecular formula is C25H46N6O3S. The molecule has 0 bridgehead atoms. The first kappa shape index (κ1) is 30.3. The number of likely N-dealkylation sites (tertiary alicyclic amines) is 1. The number of hydrogen-bond donors (Lipinski definition) is 4. The molecule has 4 N–H and O–H groups in total. The maximum atomic E-state index is 12.3. The predicted octanol–water partition coefficient (Wildman–Crippen LogP) is 3.41. The minimum absolute atomic E-state index is 0. The van der Waals surface area contributed by atoms with E-state index in [1.54, 1.807) is 0 Å². The predicted molar refractivity (Wildman–Crippen MR) is 150 cm³/mol. The Balaban J connectivity index is -0.00000140. The monoisotopic (exact) mass is 510 g/mol. The molecule has 0 aromatic heterocycles. The molecule has 2 rings (SSSR count). The zero-order chi connectivity index (χ0) is 25.9. The summed E-state index contributed by atoms with van der Waals surface area (Å²) in [6.45, 7) is 10.3. The average Bonchev–Trinajstić information content (AvgIpc) is 3.37. The van der Waals surface area contributed by atoms with E-state index in [0.717, 1.165) is 37.6 Å². The molecule has 10 heteroatoms. The molecule has 0 saturated carbocycles. The van der Waals surface area contributed by atoms with Crippen molar-refractivity contribution in [1.29, 1.82) is 5.26 Å². The largest absolute Gasteiger partial charge is 0.383 e. The lowest BCUT2D eigenvalue weighted by molar-refractivity contribution is -0.120. The normalized spacial score (nSPS) is 14.5. The van der Waals surface area contributed by atoms with Crippen molar-refractivity contribution in [2.24, 2.45) is 5.92 Å². The van der Waals surface area contributed by atoms with E-state index in [4.69, 9.17) is 5.26 Å². The Morgan fingerprint density at radius 3 is 2.54 bits per heavy atom. The highest BCUT2D eigenvalue weighted by Gasteiger charge is 2.19. The van der Waals surface area contributed by atoms with E-state index in [0.29, 0.717) is 31.7 Å². The van der Waals surface area contributed by atoms with Gasteiger partial charge < -0.3 is 26.2 Å². The number of hydrogen-bond acceptors (Lipinski definition) is 7. The first-order valence-corrected chi connectivity index (χ1v) is 13.3. The number of anilines is 2. The second-order valence-corrected chi connectivity index (χ2v) is 9.47. The number of carbonyl (C=O) groups excluding carboxylic acids is 3. The Morgan fingerprint density at radius 1 is 1.23 bits per heavy atom. The van der Waals surface area contributed by atoms with Crippen molar-refractivity contribution in [2.75, 3.05) is 55.7 Å². The van der Waals surface area contributed by atoms with Crippen LogP contribution in [-0.4, -0.2) is 73.4 Å². The first-order chi connectivity index (χ1) is 16.9. The Hall–Kier alpha value is -2.77. The van der Waals surface area contributed by atoms with E-state index >= 15 is 0 Å². The van der Waals surface area contributed by atoms with Crippen LogP contribution in [0.5, 0.6) is 0 Å². The SMILES string of the molecule is CCNC(=O)C(CNc1cccc(NC(=O)CCN2CCCC2)c1)SCC(C)C#N.CCNC=O.[HH].[HH].[HH]. The van der Waals surface area contributed by atoms with E-state index < -0.39 is 0 Å². The summed E-state index contributed by atoms with van der Waals surface area (Å²) in [5.41, 5.74) is 1.59. The fourth-order valence-electron chi connectivity index (χ4n) is 3.30. The van der Waals surface area contributed by atoms with Gasteiger partial charge in [0.1, 0.15) is 5.25 Å². The summed E-state index contributed by atoms with van der Waals surface area (Å²) in [6, 6.07) is 9.74. The molecule has 1 saturated heterocycles. The average molecular weight is 511 g/mol. The number of nitrogens with zero attached hydrogens (tertiary/aromatic N) is 2. The minimum Gasteiger partial charge on any atom is -0.383 e. The molecule has 1 fully saturated rings. The second kappa shape index (κ2) is 18.5. The summed E-state index contributed by atoms with van der Waals surface area (Å²) >= 11 is 1.48. The molecule has 2 unspecified atom stereocenters. The lowest BCUT2D eigenvalue weighted by Crippen LogP contribution is -2.37. The van der Waals surface area contributed by atoms with Crippen LogP contribution >= 0.6 is 11.8 Å². The first-order valence-electron chi connectivity index (χ1n) is 12.3. The number of nitrogens with one attached hydrogen (secondary N) is 4. The van der Waals surface area contributed by atoms with E-state index in [1.807, 2.05) is 45.0 Å². The highest BCUT2D eigenvalue weighted by atomic mass is 32.2. The summed E-state index contributed by atoms with van der Waals surface area (Å²) in [4.78, 5) is 36.2. The highest BCUT2D eigenvalue weighted by molar-refractivity contribution is 8.00. The van der Waals surface area contributed by atoms with Gasteiger partial charge in [-0.1, -0.05) is 6.07 Å². The maximum Gasteiger partial charge on any atom is 0.234 e. The van der Waals surface area contributed by atoms with Crippen LogP contribution in [0.1, 0.15) is 44.3 Å². The zero-order valence-electron chi connectivity index (χ0n) is 21.1. The molecule has 0 radical (unpaired) electrons. The van der Waals surface area contributed by atoms with Gasteiger partial charge in [-0.2, -0.15) is 5.26 Å². The second-order valence-electron chi connectivity index (χ2n) is 8.23. The van der Waals surface area contributed by atoms with Crippen molar-refractivity contribution < 1.29 is 18.7 Å². The van der Waals surface area contributed by atoms with Crippen LogP contribution < -0.4 is 21.3 Å².